The maximum atomic E-state index is 12.6. The molecule has 2 aromatic carbocycles. The van der Waals surface area contributed by atoms with Crippen LogP contribution in [-0.2, 0) is 9.47 Å². The maximum Gasteiger partial charge on any atom is 0.437 e. The summed E-state index contributed by atoms with van der Waals surface area (Å²) >= 11 is 6.68. The standard InChI is InChI=1S/C18H16BrN5O2.C12H12BrN3O3.C6H8N2/c1-18(2,3)26-17(25)24-16-11(8-10(19)9-20-16)14(23-24)15-21-12-6-4-5-7-13(12)22-15;1-12(2,3)19-11(18)16-10-8(9(6-17)15-16)4-7(13)5-14-10;7-5-3-1-2-4-6(5)8/h4-9H,1-3H3,(H,21,22);4-6H,1-3H3;1-4H,7-8H2. The number of fused-ring (bicyclic) bond motifs is 3. The van der Waals surface area contributed by atoms with E-state index in [1.165, 1.54) is 10.9 Å². The number of imidazole rings is 1. The van der Waals surface area contributed by atoms with Gasteiger partial charge in [-0.25, -0.2) is 24.5 Å². The van der Waals surface area contributed by atoms with E-state index < -0.39 is 23.4 Å². The van der Waals surface area contributed by atoms with Gasteiger partial charge in [-0.05, 0) is 110 Å². The minimum absolute atomic E-state index is 0.148. The van der Waals surface area contributed by atoms with Crippen molar-refractivity contribution in [2.45, 2.75) is 52.7 Å². The maximum absolute atomic E-state index is 12.6. The van der Waals surface area contributed by atoms with Gasteiger partial charge in [0, 0.05) is 21.3 Å². The van der Waals surface area contributed by atoms with Gasteiger partial charge in [-0.3, -0.25) is 4.79 Å². The average Bonchev–Trinajstić information content (AvgIpc) is 3.78. The number of rotatable bonds is 2. The predicted molar refractivity (Wildman–Crippen MR) is 209 cm³/mol. The van der Waals surface area contributed by atoms with Gasteiger partial charge in [-0.2, -0.15) is 10.2 Å². The summed E-state index contributed by atoms with van der Waals surface area (Å²) in [6, 6.07) is 18.5. The third-order valence-electron chi connectivity index (χ3n) is 6.86. The number of carbonyl (C=O) groups is 3. The SMILES string of the molecule is CC(C)(C)OC(=O)n1nc(-c2nc3ccccc3[nH]2)c2cc(Br)cnc21.CC(C)(C)OC(=O)n1nc(C=O)c2cc(Br)cnc21.Nc1ccccc1N. The molecule has 0 radical (unpaired) electrons. The highest BCUT2D eigenvalue weighted by molar-refractivity contribution is 9.10. The minimum Gasteiger partial charge on any atom is -0.442 e. The second kappa shape index (κ2) is 15.5. The number of nitrogens with zero attached hydrogens (tertiary/aromatic N) is 7. The zero-order chi connectivity index (χ0) is 38.7. The number of pyridine rings is 2. The van der Waals surface area contributed by atoms with E-state index in [0.717, 1.165) is 20.2 Å². The van der Waals surface area contributed by atoms with Gasteiger partial charge in [0.15, 0.2) is 23.4 Å². The first kappa shape index (κ1) is 38.5. The van der Waals surface area contributed by atoms with Crippen LogP contribution in [0.25, 0.3) is 44.6 Å². The molecule has 0 fully saturated rings. The number of para-hydroxylation sites is 4. The van der Waals surface area contributed by atoms with Crippen molar-refractivity contribution in [3.63, 3.8) is 0 Å². The Hall–Kier alpha value is -5.68. The summed E-state index contributed by atoms with van der Waals surface area (Å²) in [7, 11) is 0. The molecule has 7 aromatic rings. The Labute approximate surface area is 320 Å². The molecule has 0 aliphatic heterocycles. The molecule has 5 N–H and O–H groups in total. The van der Waals surface area contributed by atoms with Gasteiger partial charge < -0.3 is 25.9 Å². The van der Waals surface area contributed by atoms with Gasteiger partial charge in [0.1, 0.15) is 22.6 Å². The van der Waals surface area contributed by atoms with Gasteiger partial charge >= 0.3 is 12.2 Å². The predicted octanol–water partition coefficient (Wildman–Crippen LogP) is 8.16. The topological polar surface area (TPSA) is 212 Å². The lowest BCUT2D eigenvalue weighted by Gasteiger charge is -2.18. The summed E-state index contributed by atoms with van der Waals surface area (Å²) in [5.41, 5.74) is 13.9. The molecule has 0 saturated carbocycles. The Morgan fingerprint density at radius 1 is 0.755 bits per heavy atom. The van der Waals surface area contributed by atoms with E-state index in [0.29, 0.717) is 55.7 Å². The molecule has 0 aliphatic carbocycles. The molecule has 0 spiro atoms. The fourth-order valence-corrected chi connectivity index (χ4v) is 5.34. The molecule has 5 heterocycles. The molecule has 0 atom stereocenters. The second-order valence-electron chi connectivity index (χ2n) is 13.4. The van der Waals surface area contributed by atoms with E-state index in [9.17, 15) is 14.4 Å². The van der Waals surface area contributed by atoms with Crippen molar-refractivity contribution in [3.8, 4) is 11.5 Å². The Bertz CT molecular complexity index is 2400. The van der Waals surface area contributed by atoms with E-state index in [1.54, 1.807) is 65.9 Å². The number of anilines is 2. The third-order valence-corrected chi connectivity index (χ3v) is 7.73. The molecular weight excluding hydrogens is 812 g/mol. The molecule has 5 aromatic heterocycles. The van der Waals surface area contributed by atoms with Crippen LogP contribution < -0.4 is 11.5 Å². The molecule has 0 unspecified atom stereocenters. The number of nitrogen functional groups attached to an aromatic ring is 2. The van der Waals surface area contributed by atoms with Crippen molar-refractivity contribution in [1.29, 1.82) is 0 Å². The van der Waals surface area contributed by atoms with Crippen molar-refractivity contribution in [2.24, 2.45) is 0 Å². The quantitative estimate of drug-likeness (QED) is 0.111. The first-order valence-corrected chi connectivity index (χ1v) is 17.6. The first-order valence-electron chi connectivity index (χ1n) is 16.0. The van der Waals surface area contributed by atoms with Crippen LogP contribution in [0.3, 0.4) is 0 Å². The van der Waals surface area contributed by atoms with E-state index in [4.69, 9.17) is 20.9 Å². The normalized spacial score (nSPS) is 11.4. The molecule has 0 saturated heterocycles. The van der Waals surface area contributed by atoms with Gasteiger partial charge in [0.05, 0.1) is 33.2 Å². The van der Waals surface area contributed by atoms with E-state index in [2.05, 4.69) is 62.0 Å². The summed E-state index contributed by atoms with van der Waals surface area (Å²) in [6.45, 7) is 10.7. The van der Waals surface area contributed by atoms with Crippen molar-refractivity contribution in [2.75, 3.05) is 11.5 Å². The lowest BCUT2D eigenvalue weighted by atomic mass is 10.2. The lowest BCUT2D eigenvalue weighted by Crippen LogP contribution is -2.28. The van der Waals surface area contributed by atoms with Crippen molar-refractivity contribution >= 4 is 94.8 Å². The number of halogens is 2. The number of hydrogen-bond acceptors (Lipinski definition) is 12. The minimum atomic E-state index is -0.666. The number of aldehydes is 1. The molecule has 0 aliphatic rings. The van der Waals surface area contributed by atoms with Crippen LogP contribution in [0.15, 0.2) is 82.0 Å². The summed E-state index contributed by atoms with van der Waals surface area (Å²) in [4.78, 5) is 51.8. The summed E-state index contributed by atoms with van der Waals surface area (Å²) < 4.78 is 14.3. The molecule has 0 amide bonds. The number of H-pyrrole nitrogens is 1. The number of nitrogens with two attached hydrogens (primary N) is 2. The zero-order valence-corrected chi connectivity index (χ0v) is 32.8. The highest BCUT2D eigenvalue weighted by Gasteiger charge is 2.25. The van der Waals surface area contributed by atoms with Crippen LogP contribution in [0.1, 0.15) is 52.0 Å². The van der Waals surface area contributed by atoms with Crippen LogP contribution in [0.5, 0.6) is 0 Å². The largest absolute Gasteiger partial charge is 0.442 e. The average molecular weight is 849 g/mol. The second-order valence-corrected chi connectivity index (χ2v) is 15.2. The van der Waals surface area contributed by atoms with E-state index in [1.807, 2.05) is 42.5 Å². The number of nitrogens with one attached hydrogen (secondary N) is 1. The van der Waals surface area contributed by atoms with Crippen LogP contribution in [-0.4, -0.2) is 69.2 Å². The molecular formula is C36H36Br2N10O5. The van der Waals surface area contributed by atoms with E-state index in [-0.39, 0.29) is 5.69 Å². The Balaban J connectivity index is 0.000000175. The third kappa shape index (κ3) is 9.41. The fraction of sp³-hybridized carbons (Fsp3) is 0.222. The first-order chi connectivity index (χ1) is 24.9. The molecule has 17 heteroatoms. The molecule has 0 bridgehead atoms. The highest BCUT2D eigenvalue weighted by atomic mass is 79.9. The molecule has 15 nitrogen and oxygen atoms in total. The smallest absolute Gasteiger partial charge is 0.437 e. The summed E-state index contributed by atoms with van der Waals surface area (Å²) in [5.74, 6) is 0.568. The van der Waals surface area contributed by atoms with Crippen LogP contribution in [0.2, 0.25) is 0 Å². The Morgan fingerprint density at radius 3 is 1.75 bits per heavy atom. The number of hydrogen-bond donors (Lipinski definition) is 3. The van der Waals surface area contributed by atoms with Gasteiger partial charge in [-0.1, -0.05) is 24.3 Å². The van der Waals surface area contributed by atoms with Crippen molar-refractivity contribution in [1.82, 2.24) is 39.5 Å². The van der Waals surface area contributed by atoms with Gasteiger partial charge in [0.2, 0.25) is 0 Å². The molecule has 53 heavy (non-hydrogen) atoms. The Kier molecular flexibility index (Phi) is 11.3. The monoisotopic (exact) mass is 846 g/mol. The number of carbonyl (C=O) groups excluding carboxylic acids is 3. The number of benzene rings is 2. The van der Waals surface area contributed by atoms with Crippen LogP contribution >= 0.6 is 31.9 Å². The van der Waals surface area contributed by atoms with Crippen LogP contribution in [0, 0.1) is 0 Å². The summed E-state index contributed by atoms with van der Waals surface area (Å²) in [5, 5.41) is 9.56. The fourth-order valence-electron chi connectivity index (χ4n) is 4.68. The number of ether oxygens (including phenoxy) is 2. The van der Waals surface area contributed by atoms with Crippen molar-refractivity contribution in [3.05, 3.63) is 87.7 Å². The van der Waals surface area contributed by atoms with Gasteiger partial charge in [-0.15, -0.1) is 9.36 Å². The number of aromatic nitrogens is 8. The number of aromatic amines is 1. The Morgan fingerprint density at radius 2 is 1.25 bits per heavy atom. The van der Waals surface area contributed by atoms with Crippen molar-refractivity contribution < 1.29 is 23.9 Å². The summed E-state index contributed by atoms with van der Waals surface area (Å²) in [6.07, 6.45) is 2.48. The van der Waals surface area contributed by atoms with E-state index >= 15 is 0 Å². The highest BCUT2D eigenvalue weighted by Crippen LogP contribution is 2.29. The molecule has 7 rings (SSSR count). The van der Waals surface area contributed by atoms with Gasteiger partial charge in [0.25, 0.3) is 0 Å². The molecule has 274 valence electrons. The lowest BCUT2D eigenvalue weighted by molar-refractivity contribution is 0.0510. The van der Waals surface area contributed by atoms with Crippen LogP contribution in [0.4, 0.5) is 21.0 Å². The zero-order valence-electron chi connectivity index (χ0n) is 29.6.